The fraction of sp³-hybridized carbons (Fsp3) is 0.312. The molecule has 0 unspecified atom stereocenters. The standard InChI is InChI=1S/C16H18ClN3O3S/c1-16(2,3)23-15(22)20-10-8-6-5-7-9(10)11(12(20)17)13(21)19-14(24)18-4/h5-8H,1-4H3,(H2,18,19,21,24). The molecule has 0 aliphatic rings. The number of carbonyl (C=O) groups is 2. The molecular weight excluding hydrogens is 350 g/mol. The zero-order valence-corrected chi connectivity index (χ0v) is 15.3. The monoisotopic (exact) mass is 367 g/mol. The molecule has 1 aromatic carbocycles. The van der Waals surface area contributed by atoms with E-state index in [1.165, 1.54) is 4.57 Å². The van der Waals surface area contributed by atoms with E-state index in [0.29, 0.717) is 10.9 Å². The molecule has 0 saturated heterocycles. The lowest BCUT2D eigenvalue weighted by Gasteiger charge is -2.20. The van der Waals surface area contributed by atoms with E-state index < -0.39 is 17.6 Å². The van der Waals surface area contributed by atoms with Crippen molar-refractivity contribution in [3.05, 3.63) is 35.0 Å². The molecule has 1 heterocycles. The van der Waals surface area contributed by atoms with Gasteiger partial charge >= 0.3 is 6.09 Å². The fourth-order valence-corrected chi connectivity index (χ4v) is 2.58. The number of aromatic nitrogens is 1. The topological polar surface area (TPSA) is 72.4 Å². The molecule has 128 valence electrons. The van der Waals surface area contributed by atoms with Crippen molar-refractivity contribution in [2.75, 3.05) is 7.05 Å². The third-order valence-corrected chi connectivity index (χ3v) is 3.74. The minimum Gasteiger partial charge on any atom is -0.443 e. The summed E-state index contributed by atoms with van der Waals surface area (Å²) in [5.74, 6) is -0.502. The number of para-hydroxylation sites is 1. The largest absolute Gasteiger partial charge is 0.443 e. The molecule has 6 nitrogen and oxygen atoms in total. The Kier molecular flexibility index (Phi) is 5.15. The molecule has 0 bridgehead atoms. The van der Waals surface area contributed by atoms with Crippen molar-refractivity contribution in [2.45, 2.75) is 26.4 Å². The summed E-state index contributed by atoms with van der Waals surface area (Å²) in [5, 5.41) is 5.83. The number of hydrogen-bond acceptors (Lipinski definition) is 4. The number of benzene rings is 1. The summed E-state index contributed by atoms with van der Waals surface area (Å²) in [5.41, 5.74) is -0.0463. The average Bonchev–Trinajstić information content (AvgIpc) is 2.77. The summed E-state index contributed by atoms with van der Waals surface area (Å²) in [6, 6.07) is 6.91. The number of nitrogens with one attached hydrogen (secondary N) is 2. The number of halogens is 1. The Bertz CT molecular complexity index is 824. The first kappa shape index (κ1) is 18.2. The second kappa shape index (κ2) is 6.78. The Balaban J connectivity index is 2.58. The highest BCUT2D eigenvalue weighted by molar-refractivity contribution is 7.80. The van der Waals surface area contributed by atoms with Crippen molar-refractivity contribution in [1.82, 2.24) is 15.2 Å². The van der Waals surface area contributed by atoms with Gasteiger partial charge in [-0.05, 0) is 39.1 Å². The molecule has 1 amide bonds. The lowest BCUT2D eigenvalue weighted by molar-refractivity contribution is 0.0545. The third kappa shape index (κ3) is 3.68. The van der Waals surface area contributed by atoms with Gasteiger partial charge in [-0.1, -0.05) is 29.8 Å². The quantitative estimate of drug-likeness (QED) is 0.756. The van der Waals surface area contributed by atoms with Crippen LogP contribution in [0.1, 0.15) is 31.1 Å². The van der Waals surface area contributed by atoms with Crippen LogP contribution >= 0.6 is 23.8 Å². The van der Waals surface area contributed by atoms with E-state index in [4.69, 9.17) is 28.6 Å². The molecule has 0 atom stereocenters. The SMILES string of the molecule is CNC(=S)NC(=O)c1c(Cl)n(C(=O)OC(C)(C)C)c2ccccc12. The van der Waals surface area contributed by atoms with Crippen LogP contribution in [0.25, 0.3) is 10.9 Å². The number of ether oxygens (including phenoxy) is 1. The van der Waals surface area contributed by atoms with Crippen LogP contribution in [0.2, 0.25) is 5.15 Å². The van der Waals surface area contributed by atoms with Crippen molar-refractivity contribution in [3.63, 3.8) is 0 Å². The molecule has 0 saturated carbocycles. The van der Waals surface area contributed by atoms with Gasteiger partial charge in [-0.25, -0.2) is 9.36 Å². The number of rotatable bonds is 1. The smallest absolute Gasteiger partial charge is 0.420 e. The molecule has 2 rings (SSSR count). The van der Waals surface area contributed by atoms with Gasteiger partial charge < -0.3 is 10.1 Å². The van der Waals surface area contributed by atoms with Gasteiger partial charge in [0.25, 0.3) is 5.91 Å². The van der Waals surface area contributed by atoms with E-state index in [1.54, 1.807) is 52.1 Å². The van der Waals surface area contributed by atoms with Crippen LogP contribution < -0.4 is 10.6 Å². The van der Waals surface area contributed by atoms with E-state index in [-0.39, 0.29) is 15.8 Å². The van der Waals surface area contributed by atoms with Crippen LogP contribution in [-0.4, -0.2) is 34.3 Å². The maximum Gasteiger partial charge on any atom is 0.420 e. The van der Waals surface area contributed by atoms with Gasteiger partial charge in [0.2, 0.25) is 0 Å². The van der Waals surface area contributed by atoms with Crippen molar-refractivity contribution >= 4 is 51.8 Å². The van der Waals surface area contributed by atoms with E-state index in [1.807, 2.05) is 0 Å². The molecule has 2 N–H and O–H groups in total. The highest BCUT2D eigenvalue weighted by atomic mass is 35.5. The number of hydrogen-bond donors (Lipinski definition) is 2. The van der Waals surface area contributed by atoms with Gasteiger partial charge in [0.15, 0.2) is 5.11 Å². The van der Waals surface area contributed by atoms with Crippen LogP contribution in [0.5, 0.6) is 0 Å². The highest BCUT2D eigenvalue weighted by Crippen LogP contribution is 2.31. The van der Waals surface area contributed by atoms with Crippen LogP contribution in [-0.2, 0) is 4.74 Å². The van der Waals surface area contributed by atoms with Gasteiger partial charge in [-0.2, -0.15) is 0 Å². The molecule has 8 heteroatoms. The Morgan fingerprint density at radius 1 is 1.25 bits per heavy atom. The lowest BCUT2D eigenvalue weighted by Crippen LogP contribution is -2.37. The van der Waals surface area contributed by atoms with E-state index in [0.717, 1.165) is 0 Å². The predicted molar refractivity (Wildman–Crippen MR) is 97.7 cm³/mol. The van der Waals surface area contributed by atoms with Crippen LogP contribution in [0.3, 0.4) is 0 Å². The molecular formula is C16H18ClN3O3S. The van der Waals surface area contributed by atoms with Gasteiger partial charge in [0, 0.05) is 12.4 Å². The molecule has 0 fully saturated rings. The molecule has 2 aromatic rings. The van der Waals surface area contributed by atoms with Gasteiger partial charge in [-0.3, -0.25) is 10.1 Å². The number of fused-ring (bicyclic) bond motifs is 1. The summed E-state index contributed by atoms with van der Waals surface area (Å²) in [6.07, 6.45) is -0.654. The van der Waals surface area contributed by atoms with E-state index in [9.17, 15) is 9.59 Å². The number of thiocarbonyl (C=S) groups is 1. The molecule has 24 heavy (non-hydrogen) atoms. The lowest BCUT2D eigenvalue weighted by atomic mass is 10.1. The Labute approximate surface area is 150 Å². The van der Waals surface area contributed by atoms with Gasteiger partial charge in [0.1, 0.15) is 10.8 Å². The normalized spacial score (nSPS) is 11.2. The van der Waals surface area contributed by atoms with Crippen LogP contribution in [0.4, 0.5) is 4.79 Å². The first-order chi connectivity index (χ1) is 11.2. The summed E-state index contributed by atoms with van der Waals surface area (Å²) < 4.78 is 6.56. The first-order valence-electron chi connectivity index (χ1n) is 7.21. The van der Waals surface area contributed by atoms with E-state index in [2.05, 4.69) is 10.6 Å². The maximum atomic E-state index is 12.5. The Hall–Kier alpha value is -2.12. The molecule has 0 spiro atoms. The average molecular weight is 368 g/mol. The summed E-state index contributed by atoms with van der Waals surface area (Å²) in [6.45, 7) is 5.26. The van der Waals surface area contributed by atoms with E-state index >= 15 is 0 Å². The van der Waals surface area contributed by atoms with Crippen molar-refractivity contribution in [2.24, 2.45) is 0 Å². The first-order valence-corrected chi connectivity index (χ1v) is 7.99. The zero-order chi connectivity index (χ0) is 18.1. The Morgan fingerprint density at radius 2 is 1.88 bits per heavy atom. The molecule has 0 radical (unpaired) electrons. The van der Waals surface area contributed by atoms with Gasteiger partial charge in [0.05, 0.1) is 11.1 Å². The number of nitrogens with zero attached hydrogens (tertiary/aromatic N) is 1. The zero-order valence-electron chi connectivity index (χ0n) is 13.8. The van der Waals surface area contributed by atoms with Crippen molar-refractivity contribution in [1.29, 1.82) is 0 Å². The summed E-state index contributed by atoms with van der Waals surface area (Å²) in [7, 11) is 1.59. The second-order valence-electron chi connectivity index (χ2n) is 6.03. The minimum atomic E-state index is -0.693. The van der Waals surface area contributed by atoms with Crippen LogP contribution in [0.15, 0.2) is 24.3 Å². The predicted octanol–water partition coefficient (Wildman–Crippen LogP) is 3.31. The van der Waals surface area contributed by atoms with Gasteiger partial charge in [-0.15, -0.1) is 0 Å². The van der Waals surface area contributed by atoms with Crippen molar-refractivity contribution < 1.29 is 14.3 Å². The number of carbonyl (C=O) groups excluding carboxylic acids is 2. The van der Waals surface area contributed by atoms with Crippen LogP contribution in [0, 0.1) is 0 Å². The molecule has 0 aliphatic carbocycles. The molecule has 1 aromatic heterocycles. The third-order valence-electron chi connectivity index (χ3n) is 3.07. The maximum absolute atomic E-state index is 12.5. The number of amides is 1. The molecule has 0 aliphatic heterocycles. The summed E-state index contributed by atoms with van der Waals surface area (Å²) in [4.78, 5) is 25.0. The summed E-state index contributed by atoms with van der Waals surface area (Å²) >= 11 is 11.3. The Morgan fingerprint density at radius 3 is 2.46 bits per heavy atom. The van der Waals surface area contributed by atoms with Crippen molar-refractivity contribution in [3.8, 4) is 0 Å². The fourth-order valence-electron chi connectivity index (χ4n) is 2.14. The second-order valence-corrected chi connectivity index (χ2v) is 6.80. The minimum absolute atomic E-state index is 0.0261. The highest BCUT2D eigenvalue weighted by Gasteiger charge is 2.27.